The van der Waals surface area contributed by atoms with Gasteiger partial charge in [0.05, 0.1) is 0 Å². The molecule has 0 atom stereocenters. The van der Waals surface area contributed by atoms with Crippen LogP contribution in [-0.4, -0.2) is 10.8 Å². The van der Waals surface area contributed by atoms with E-state index in [9.17, 15) is 4.79 Å². The normalized spacial score (nSPS) is 10.7. The van der Waals surface area contributed by atoms with E-state index in [0.717, 1.165) is 30.5 Å². The van der Waals surface area contributed by atoms with Gasteiger partial charge in [-0.15, -0.1) is 6.58 Å². The second kappa shape index (κ2) is 9.18. The summed E-state index contributed by atoms with van der Waals surface area (Å²) in [7, 11) is 0. The standard InChI is InChI=1S/C25H27NO/c1-3-9-24-22(18-26-25(24)21-12-6-5-7-13-21)14-15-23(27)17-20-11-8-10-19(4-2)16-20/h3,5-8,10-13,16,18,26H,1,4,9,14-15,17H2,2H3. The number of aromatic amines is 1. The number of aromatic nitrogens is 1. The molecule has 0 aliphatic carbocycles. The molecule has 1 aromatic heterocycles. The highest BCUT2D eigenvalue weighted by molar-refractivity contribution is 5.81. The van der Waals surface area contributed by atoms with Crippen LogP contribution in [-0.2, 0) is 30.5 Å². The van der Waals surface area contributed by atoms with E-state index in [-0.39, 0.29) is 5.78 Å². The monoisotopic (exact) mass is 357 g/mol. The quantitative estimate of drug-likeness (QED) is 0.488. The van der Waals surface area contributed by atoms with Gasteiger partial charge in [0.1, 0.15) is 5.78 Å². The van der Waals surface area contributed by atoms with E-state index in [0.29, 0.717) is 12.8 Å². The lowest BCUT2D eigenvalue weighted by atomic mass is 9.97. The molecule has 27 heavy (non-hydrogen) atoms. The van der Waals surface area contributed by atoms with Crippen molar-refractivity contribution in [3.63, 3.8) is 0 Å². The van der Waals surface area contributed by atoms with Crippen molar-refractivity contribution >= 4 is 5.78 Å². The molecule has 0 aliphatic heterocycles. The zero-order valence-corrected chi connectivity index (χ0v) is 16.0. The predicted molar refractivity (Wildman–Crippen MR) is 113 cm³/mol. The summed E-state index contributed by atoms with van der Waals surface area (Å²) in [5, 5.41) is 0. The summed E-state index contributed by atoms with van der Waals surface area (Å²) >= 11 is 0. The topological polar surface area (TPSA) is 32.9 Å². The number of rotatable bonds is 9. The van der Waals surface area contributed by atoms with E-state index < -0.39 is 0 Å². The van der Waals surface area contributed by atoms with Crippen LogP contribution in [0.2, 0.25) is 0 Å². The Hall–Kier alpha value is -2.87. The molecule has 1 N–H and O–H groups in total. The Morgan fingerprint density at radius 1 is 1.07 bits per heavy atom. The number of Topliss-reactive ketones (excluding diaryl/α,β-unsaturated/α-hetero) is 1. The van der Waals surface area contributed by atoms with Gasteiger partial charge < -0.3 is 4.98 Å². The molecule has 0 unspecified atom stereocenters. The lowest BCUT2D eigenvalue weighted by Crippen LogP contribution is -2.05. The van der Waals surface area contributed by atoms with Gasteiger partial charge in [0.15, 0.2) is 0 Å². The fraction of sp³-hybridized carbons (Fsp3) is 0.240. The van der Waals surface area contributed by atoms with Gasteiger partial charge in [0.25, 0.3) is 0 Å². The first-order valence-corrected chi connectivity index (χ1v) is 9.66. The van der Waals surface area contributed by atoms with Crippen molar-refractivity contribution in [1.82, 2.24) is 4.98 Å². The summed E-state index contributed by atoms with van der Waals surface area (Å²) in [6, 6.07) is 18.7. The van der Waals surface area contributed by atoms with Gasteiger partial charge in [0, 0.05) is 24.7 Å². The second-order valence-electron chi connectivity index (χ2n) is 6.92. The Balaban J connectivity index is 1.69. The number of H-pyrrole nitrogens is 1. The smallest absolute Gasteiger partial charge is 0.137 e. The third-order valence-electron chi connectivity index (χ3n) is 4.97. The maximum atomic E-state index is 12.5. The lowest BCUT2D eigenvalue weighted by Gasteiger charge is -2.07. The number of hydrogen-bond donors (Lipinski definition) is 1. The zero-order chi connectivity index (χ0) is 19.1. The van der Waals surface area contributed by atoms with Crippen LogP contribution in [0.25, 0.3) is 11.3 Å². The number of allylic oxidation sites excluding steroid dienone is 1. The SMILES string of the molecule is C=CCc1c(CCC(=O)Cc2cccc(CC)c2)c[nH]c1-c1ccccc1. The summed E-state index contributed by atoms with van der Waals surface area (Å²) in [6.07, 6.45) is 7.61. The molecule has 3 aromatic rings. The molecule has 0 saturated carbocycles. The van der Waals surface area contributed by atoms with E-state index in [1.54, 1.807) is 0 Å². The fourth-order valence-electron chi connectivity index (χ4n) is 3.51. The molecule has 2 aromatic carbocycles. The second-order valence-corrected chi connectivity index (χ2v) is 6.92. The number of carbonyl (C=O) groups excluding carboxylic acids is 1. The zero-order valence-electron chi connectivity index (χ0n) is 16.0. The number of hydrogen-bond acceptors (Lipinski definition) is 1. The molecule has 2 heteroatoms. The lowest BCUT2D eigenvalue weighted by molar-refractivity contribution is -0.118. The highest BCUT2D eigenvalue weighted by atomic mass is 16.1. The van der Waals surface area contributed by atoms with Crippen molar-refractivity contribution in [2.24, 2.45) is 0 Å². The Bertz CT molecular complexity index is 905. The largest absolute Gasteiger partial charge is 0.361 e. The molecule has 3 rings (SSSR count). The molecule has 0 radical (unpaired) electrons. The molecule has 0 amide bonds. The summed E-state index contributed by atoms with van der Waals surface area (Å²) < 4.78 is 0. The van der Waals surface area contributed by atoms with Gasteiger partial charge in [0.2, 0.25) is 0 Å². The number of ketones is 1. The van der Waals surface area contributed by atoms with Crippen LogP contribution >= 0.6 is 0 Å². The molecule has 0 saturated heterocycles. The maximum Gasteiger partial charge on any atom is 0.137 e. The van der Waals surface area contributed by atoms with Crippen LogP contribution in [0.1, 0.15) is 35.6 Å². The van der Waals surface area contributed by atoms with Gasteiger partial charge in [-0.25, -0.2) is 0 Å². The minimum absolute atomic E-state index is 0.287. The average molecular weight is 357 g/mol. The van der Waals surface area contributed by atoms with Crippen molar-refractivity contribution in [2.45, 2.75) is 39.0 Å². The number of aryl methyl sites for hydroxylation is 2. The maximum absolute atomic E-state index is 12.5. The van der Waals surface area contributed by atoms with Gasteiger partial charge in [-0.05, 0) is 47.1 Å². The molecular formula is C25H27NO. The Morgan fingerprint density at radius 3 is 2.59 bits per heavy atom. The first kappa shape index (κ1) is 18.9. The van der Waals surface area contributed by atoms with Crippen LogP contribution in [0.15, 0.2) is 73.4 Å². The third kappa shape index (κ3) is 4.85. The highest BCUT2D eigenvalue weighted by Gasteiger charge is 2.13. The van der Waals surface area contributed by atoms with Crippen molar-refractivity contribution in [3.8, 4) is 11.3 Å². The minimum Gasteiger partial charge on any atom is -0.361 e. The number of nitrogens with one attached hydrogen (secondary N) is 1. The molecule has 0 aliphatic rings. The van der Waals surface area contributed by atoms with Crippen LogP contribution in [0.3, 0.4) is 0 Å². The van der Waals surface area contributed by atoms with Gasteiger partial charge >= 0.3 is 0 Å². The first-order valence-electron chi connectivity index (χ1n) is 9.66. The van der Waals surface area contributed by atoms with Crippen molar-refractivity contribution in [2.75, 3.05) is 0 Å². The minimum atomic E-state index is 0.287. The Kier molecular flexibility index (Phi) is 6.43. The average Bonchev–Trinajstić information content (AvgIpc) is 3.10. The fourth-order valence-corrected chi connectivity index (χ4v) is 3.51. The summed E-state index contributed by atoms with van der Waals surface area (Å²) in [5.41, 5.74) is 7.16. The van der Waals surface area contributed by atoms with E-state index in [1.165, 1.54) is 22.3 Å². The highest BCUT2D eigenvalue weighted by Crippen LogP contribution is 2.27. The molecule has 0 bridgehead atoms. The Labute approximate surface area is 162 Å². The summed E-state index contributed by atoms with van der Waals surface area (Å²) in [4.78, 5) is 15.9. The third-order valence-corrected chi connectivity index (χ3v) is 4.97. The van der Waals surface area contributed by atoms with E-state index in [1.807, 2.05) is 42.6 Å². The van der Waals surface area contributed by atoms with Crippen LogP contribution in [0.4, 0.5) is 0 Å². The molecular weight excluding hydrogens is 330 g/mol. The van der Waals surface area contributed by atoms with Crippen LogP contribution < -0.4 is 0 Å². The molecule has 0 fully saturated rings. The van der Waals surface area contributed by atoms with Crippen molar-refractivity contribution in [1.29, 1.82) is 0 Å². The van der Waals surface area contributed by atoms with Crippen molar-refractivity contribution in [3.05, 3.63) is 95.7 Å². The van der Waals surface area contributed by atoms with Gasteiger partial charge in [-0.3, -0.25) is 4.79 Å². The van der Waals surface area contributed by atoms with Gasteiger partial charge in [-0.1, -0.05) is 67.6 Å². The van der Waals surface area contributed by atoms with Crippen LogP contribution in [0, 0.1) is 0 Å². The van der Waals surface area contributed by atoms with E-state index >= 15 is 0 Å². The Morgan fingerprint density at radius 2 is 1.85 bits per heavy atom. The predicted octanol–water partition coefficient (Wildman–Crippen LogP) is 5.72. The molecule has 0 spiro atoms. The van der Waals surface area contributed by atoms with Crippen LogP contribution in [0.5, 0.6) is 0 Å². The summed E-state index contributed by atoms with van der Waals surface area (Å²) in [5.74, 6) is 0.287. The number of carbonyl (C=O) groups is 1. The molecule has 1 heterocycles. The van der Waals surface area contributed by atoms with Gasteiger partial charge in [-0.2, -0.15) is 0 Å². The molecule has 138 valence electrons. The van der Waals surface area contributed by atoms with E-state index in [2.05, 4.69) is 42.8 Å². The summed E-state index contributed by atoms with van der Waals surface area (Å²) in [6.45, 7) is 6.04. The first-order chi connectivity index (χ1) is 13.2. The van der Waals surface area contributed by atoms with E-state index in [4.69, 9.17) is 0 Å². The molecule has 2 nitrogen and oxygen atoms in total. The number of benzene rings is 2. The van der Waals surface area contributed by atoms with Crippen molar-refractivity contribution < 1.29 is 4.79 Å².